The normalized spacial score (nSPS) is 12.8. The number of sulfone groups is 1. The minimum Gasteiger partial charge on any atom is -0.392 e. The fraction of sp³-hybridized carbons (Fsp3) is 0.500. The summed E-state index contributed by atoms with van der Waals surface area (Å²) in [6.45, 7) is -0.224. The summed E-state index contributed by atoms with van der Waals surface area (Å²) in [4.78, 5) is 0. The van der Waals surface area contributed by atoms with Gasteiger partial charge in [0.2, 0.25) is 10.0 Å². The molecule has 0 fully saturated rings. The van der Waals surface area contributed by atoms with Gasteiger partial charge in [0.25, 0.3) is 0 Å². The molecule has 0 bridgehead atoms. The molecule has 0 heterocycles. The van der Waals surface area contributed by atoms with Crippen molar-refractivity contribution in [2.45, 2.75) is 12.4 Å². The lowest BCUT2D eigenvalue weighted by molar-refractivity contribution is 0.281. The van der Waals surface area contributed by atoms with E-state index in [1.165, 1.54) is 7.05 Å². The Bertz CT molecular complexity index is 652. The second kappa shape index (κ2) is 6.66. The Morgan fingerprint density at radius 2 is 1.75 bits per heavy atom. The molecule has 6 nitrogen and oxygen atoms in total. The molecule has 0 aliphatic heterocycles. The molecule has 0 unspecified atom stereocenters. The summed E-state index contributed by atoms with van der Waals surface area (Å²) in [5.74, 6) is -0.430. The second-order valence-corrected chi connectivity index (χ2v) is 9.02. The quantitative estimate of drug-likeness (QED) is 0.762. The third-order valence-corrected chi connectivity index (χ3v) is 5.53. The van der Waals surface area contributed by atoms with Gasteiger partial charge in [0, 0.05) is 19.8 Å². The van der Waals surface area contributed by atoms with E-state index in [9.17, 15) is 16.8 Å². The minimum atomic E-state index is -3.57. The molecule has 20 heavy (non-hydrogen) atoms. The van der Waals surface area contributed by atoms with E-state index in [0.717, 1.165) is 10.6 Å². The van der Waals surface area contributed by atoms with Crippen LogP contribution < -0.4 is 0 Å². The zero-order chi connectivity index (χ0) is 15.4. The first-order valence-electron chi connectivity index (χ1n) is 5.94. The SMILES string of the molecule is CN(CCS(C)(=O)=O)S(=O)(=O)Cc1cccc(CO)c1. The molecule has 0 saturated heterocycles. The van der Waals surface area contributed by atoms with E-state index in [4.69, 9.17) is 5.11 Å². The van der Waals surface area contributed by atoms with Gasteiger partial charge in [0.1, 0.15) is 9.84 Å². The van der Waals surface area contributed by atoms with Crippen LogP contribution in [0.3, 0.4) is 0 Å². The predicted molar refractivity (Wildman–Crippen MR) is 77.3 cm³/mol. The van der Waals surface area contributed by atoms with E-state index in [1.54, 1.807) is 24.3 Å². The average molecular weight is 321 g/mol. The number of hydrogen-bond acceptors (Lipinski definition) is 5. The van der Waals surface area contributed by atoms with Gasteiger partial charge in [-0.2, -0.15) is 0 Å². The number of rotatable bonds is 7. The Morgan fingerprint density at radius 1 is 1.15 bits per heavy atom. The van der Waals surface area contributed by atoms with E-state index in [2.05, 4.69) is 0 Å². The molecule has 0 aromatic heterocycles. The molecular formula is C12H19NO5S2. The number of benzene rings is 1. The van der Waals surface area contributed by atoms with Crippen molar-refractivity contribution in [2.24, 2.45) is 0 Å². The third-order valence-electron chi connectivity index (χ3n) is 2.77. The Morgan fingerprint density at radius 3 is 2.30 bits per heavy atom. The molecule has 0 amide bonds. The van der Waals surface area contributed by atoms with Crippen LogP contribution in [0, 0.1) is 0 Å². The number of aliphatic hydroxyl groups is 1. The Hall–Kier alpha value is -0.960. The zero-order valence-electron chi connectivity index (χ0n) is 11.5. The van der Waals surface area contributed by atoms with Crippen molar-refractivity contribution in [3.8, 4) is 0 Å². The van der Waals surface area contributed by atoms with E-state index in [-0.39, 0.29) is 24.7 Å². The summed E-state index contributed by atoms with van der Waals surface area (Å²) in [6.07, 6.45) is 1.07. The molecule has 0 atom stereocenters. The minimum absolute atomic E-state index is 0.0686. The molecule has 0 saturated carbocycles. The van der Waals surface area contributed by atoms with E-state index >= 15 is 0 Å². The first-order valence-corrected chi connectivity index (χ1v) is 9.61. The van der Waals surface area contributed by atoms with Crippen molar-refractivity contribution in [3.05, 3.63) is 35.4 Å². The summed E-state index contributed by atoms with van der Waals surface area (Å²) in [5.41, 5.74) is 1.19. The summed E-state index contributed by atoms with van der Waals surface area (Å²) in [7, 11) is -5.42. The maximum atomic E-state index is 12.1. The molecule has 1 N–H and O–H groups in total. The Balaban J connectivity index is 2.78. The second-order valence-electron chi connectivity index (χ2n) is 4.69. The molecule has 0 spiro atoms. The van der Waals surface area contributed by atoms with E-state index in [0.29, 0.717) is 11.1 Å². The van der Waals surface area contributed by atoms with Crippen molar-refractivity contribution in [1.29, 1.82) is 0 Å². The maximum absolute atomic E-state index is 12.1. The number of nitrogens with zero attached hydrogens (tertiary/aromatic N) is 1. The first-order chi connectivity index (χ1) is 9.14. The molecule has 1 aromatic rings. The highest BCUT2D eigenvalue weighted by Gasteiger charge is 2.19. The maximum Gasteiger partial charge on any atom is 0.218 e. The van der Waals surface area contributed by atoms with Gasteiger partial charge in [0.15, 0.2) is 0 Å². The number of hydrogen-bond donors (Lipinski definition) is 1. The van der Waals surface area contributed by atoms with Gasteiger partial charge in [0.05, 0.1) is 18.1 Å². The molecular weight excluding hydrogens is 302 g/mol. The van der Waals surface area contributed by atoms with Crippen LogP contribution in [0.15, 0.2) is 24.3 Å². The fourth-order valence-corrected chi connectivity index (χ4v) is 3.48. The Kier molecular flexibility index (Phi) is 5.69. The van der Waals surface area contributed by atoms with Crippen LogP contribution in [0.2, 0.25) is 0 Å². The van der Waals surface area contributed by atoms with Crippen LogP contribution in [-0.2, 0) is 32.2 Å². The lowest BCUT2D eigenvalue weighted by Crippen LogP contribution is -2.32. The summed E-state index contributed by atoms with van der Waals surface area (Å²) in [6, 6.07) is 6.64. The molecule has 1 aromatic carbocycles. The lowest BCUT2D eigenvalue weighted by atomic mass is 10.1. The van der Waals surface area contributed by atoms with Gasteiger partial charge in [-0.15, -0.1) is 0 Å². The van der Waals surface area contributed by atoms with Gasteiger partial charge in [-0.1, -0.05) is 24.3 Å². The first kappa shape index (κ1) is 17.1. The zero-order valence-corrected chi connectivity index (χ0v) is 13.1. The Labute approximate surface area is 120 Å². The standard InChI is InChI=1S/C12H19NO5S2/c1-13(6-7-19(2,15)16)20(17,18)10-12-5-3-4-11(8-12)9-14/h3-5,8,14H,6-7,9-10H2,1-2H3. The van der Waals surface area contributed by atoms with Crippen LogP contribution in [-0.4, -0.2) is 51.8 Å². The van der Waals surface area contributed by atoms with Crippen LogP contribution in [0.5, 0.6) is 0 Å². The lowest BCUT2D eigenvalue weighted by Gasteiger charge is -2.16. The predicted octanol–water partition coefficient (Wildman–Crippen LogP) is -0.0149. The highest BCUT2D eigenvalue weighted by molar-refractivity contribution is 7.90. The van der Waals surface area contributed by atoms with Gasteiger partial charge < -0.3 is 5.11 Å². The molecule has 8 heteroatoms. The highest BCUT2D eigenvalue weighted by atomic mass is 32.2. The molecule has 0 radical (unpaired) electrons. The largest absolute Gasteiger partial charge is 0.392 e. The molecule has 114 valence electrons. The smallest absolute Gasteiger partial charge is 0.218 e. The summed E-state index contributed by atoms with van der Waals surface area (Å²) >= 11 is 0. The van der Waals surface area contributed by atoms with Crippen LogP contribution in [0.4, 0.5) is 0 Å². The number of aliphatic hydroxyl groups excluding tert-OH is 1. The van der Waals surface area contributed by atoms with Crippen molar-refractivity contribution >= 4 is 19.9 Å². The summed E-state index contributed by atoms with van der Waals surface area (Å²) in [5, 5.41) is 9.02. The molecule has 1 rings (SSSR count). The monoisotopic (exact) mass is 321 g/mol. The van der Waals surface area contributed by atoms with Crippen molar-refractivity contribution in [3.63, 3.8) is 0 Å². The van der Waals surface area contributed by atoms with Crippen LogP contribution in [0.1, 0.15) is 11.1 Å². The van der Waals surface area contributed by atoms with Crippen molar-refractivity contribution in [1.82, 2.24) is 4.31 Å². The van der Waals surface area contributed by atoms with Crippen molar-refractivity contribution < 1.29 is 21.9 Å². The van der Waals surface area contributed by atoms with Gasteiger partial charge in [-0.05, 0) is 11.1 Å². The van der Waals surface area contributed by atoms with Gasteiger partial charge in [-0.25, -0.2) is 21.1 Å². The van der Waals surface area contributed by atoms with Gasteiger partial charge >= 0.3 is 0 Å². The highest BCUT2D eigenvalue weighted by Crippen LogP contribution is 2.12. The van der Waals surface area contributed by atoms with Crippen LogP contribution >= 0.6 is 0 Å². The molecule has 0 aliphatic carbocycles. The topological polar surface area (TPSA) is 91.8 Å². The summed E-state index contributed by atoms with van der Waals surface area (Å²) < 4.78 is 47.3. The van der Waals surface area contributed by atoms with Crippen molar-refractivity contribution in [2.75, 3.05) is 25.6 Å². The van der Waals surface area contributed by atoms with Crippen LogP contribution in [0.25, 0.3) is 0 Å². The number of sulfonamides is 1. The van der Waals surface area contributed by atoms with E-state index < -0.39 is 19.9 Å². The molecule has 0 aliphatic rings. The average Bonchev–Trinajstić information content (AvgIpc) is 2.34. The van der Waals surface area contributed by atoms with E-state index in [1.807, 2.05) is 0 Å². The third kappa shape index (κ3) is 5.58. The van der Waals surface area contributed by atoms with Gasteiger partial charge in [-0.3, -0.25) is 0 Å². The fourth-order valence-electron chi connectivity index (χ4n) is 1.57.